The van der Waals surface area contributed by atoms with Gasteiger partial charge in [-0.3, -0.25) is 37.2 Å². The SMILES string of the molecule is Cc1ccc2c(c1)CC[C@@H]2NC(=O)c1ccc(N(C)S(C)(=O)=O)cc1.Cc1ccc2c(c1)CC[C@@H]2NC(=O)c1ccc(NS(C)(=O)=O)cc1.Cc1ccc2c(c1)CC[C@H]2NC(=O)c1ccc(N(C)S(C)(=O)=O)cc1.Cc1ccc2c(c1)CC[C@H]2NC(=O)c1ccc(NS(C)(=O)=O)cc1. The Hall–Kier alpha value is -9.36. The highest BCUT2D eigenvalue weighted by Crippen LogP contribution is 2.36. The number of anilines is 4. The minimum Gasteiger partial charge on any atom is -0.345 e. The fraction of sp³-hybridized carbons (Fsp3) is 0.297. The van der Waals surface area contributed by atoms with Gasteiger partial charge in [0.15, 0.2) is 0 Å². The van der Waals surface area contributed by atoms with Gasteiger partial charge in [0.05, 0.1) is 60.6 Å². The Morgan fingerprint density at radius 1 is 0.327 bits per heavy atom. The Morgan fingerprint density at radius 3 is 0.745 bits per heavy atom. The summed E-state index contributed by atoms with van der Waals surface area (Å²) in [7, 11) is -10.3. The number of hydrogen-bond acceptors (Lipinski definition) is 12. The average Bonchev–Trinajstić information content (AvgIpc) is 1.56. The number of aryl methyl sites for hydroxylation is 8. The van der Waals surface area contributed by atoms with Crippen LogP contribution < -0.4 is 39.3 Å². The Balaban J connectivity index is 0.000000153. The van der Waals surface area contributed by atoms with Gasteiger partial charge in [-0.15, -0.1) is 0 Å². The van der Waals surface area contributed by atoms with E-state index in [-0.39, 0.29) is 47.8 Å². The van der Waals surface area contributed by atoms with E-state index in [0.29, 0.717) is 45.0 Å². The van der Waals surface area contributed by atoms with Crippen molar-refractivity contribution in [2.45, 2.75) is 103 Å². The van der Waals surface area contributed by atoms with Crippen LogP contribution >= 0.6 is 0 Å². The molecule has 0 bridgehead atoms. The van der Waals surface area contributed by atoms with Crippen LogP contribution in [-0.2, 0) is 65.8 Å². The molecule has 4 aliphatic carbocycles. The number of carbonyl (C=O) groups excluding carboxylic acids is 4. The molecule has 516 valence electrons. The van der Waals surface area contributed by atoms with E-state index in [2.05, 4.69) is 131 Å². The molecule has 20 nitrogen and oxygen atoms in total. The quantitative estimate of drug-likeness (QED) is 0.0527. The summed E-state index contributed by atoms with van der Waals surface area (Å²) in [5, 5.41) is 12.3. The predicted molar refractivity (Wildman–Crippen MR) is 388 cm³/mol. The van der Waals surface area contributed by atoms with Gasteiger partial charge in [-0.2, -0.15) is 0 Å². The molecule has 24 heteroatoms. The summed E-state index contributed by atoms with van der Waals surface area (Å²) < 4.78 is 98.2. The van der Waals surface area contributed by atoms with Crippen molar-refractivity contribution in [2.24, 2.45) is 0 Å². The van der Waals surface area contributed by atoms with Crippen molar-refractivity contribution >= 4 is 86.5 Å². The summed E-state index contributed by atoms with van der Waals surface area (Å²) in [6, 6.07) is 51.4. The van der Waals surface area contributed by atoms with Crippen LogP contribution in [0.4, 0.5) is 22.7 Å². The van der Waals surface area contributed by atoms with Crippen molar-refractivity contribution < 1.29 is 52.8 Å². The summed E-state index contributed by atoms with van der Waals surface area (Å²) in [5.74, 6) is -0.599. The first-order valence-electron chi connectivity index (χ1n) is 32.0. The minimum atomic E-state index is -3.32. The summed E-state index contributed by atoms with van der Waals surface area (Å²) in [4.78, 5) is 49.9. The molecule has 0 aromatic heterocycles. The van der Waals surface area contributed by atoms with Gasteiger partial charge in [0, 0.05) is 47.7 Å². The van der Waals surface area contributed by atoms with Gasteiger partial charge in [0.2, 0.25) is 40.1 Å². The molecule has 0 spiro atoms. The molecule has 4 amide bonds. The molecular formula is C74H84N8O12S4. The Labute approximate surface area is 576 Å². The standard InChI is InChI=1S/2C19H22N2O3S.2C18H20N2O3S/c2*1-13-4-10-17-15(12-13)7-11-18(17)20-19(22)14-5-8-16(9-6-14)21(2)25(3,23)24;2*1-12-3-9-16-14(11-12)6-10-17(16)19-18(21)13-4-7-15(8-5-13)20-24(2,22)23/h2*4-6,8-10,12,18H,7,11H2,1-3H3,(H,20,22);2*3-5,7-9,11,17,20H,6,10H2,1-2H3,(H,19,21)/t2*18-;2*17-/m1010/s1. The molecule has 98 heavy (non-hydrogen) atoms. The van der Waals surface area contributed by atoms with Gasteiger partial charge in [-0.1, -0.05) is 95.1 Å². The molecule has 4 atom stereocenters. The fourth-order valence-corrected chi connectivity index (χ4v) is 14.5. The van der Waals surface area contributed by atoms with E-state index in [9.17, 15) is 52.8 Å². The summed E-state index contributed by atoms with van der Waals surface area (Å²) in [6.45, 7) is 8.28. The molecule has 12 rings (SSSR count). The van der Waals surface area contributed by atoms with E-state index >= 15 is 0 Å². The number of amides is 4. The van der Waals surface area contributed by atoms with E-state index in [1.807, 2.05) is 0 Å². The van der Waals surface area contributed by atoms with Crippen LogP contribution in [0, 0.1) is 27.7 Å². The van der Waals surface area contributed by atoms with Gasteiger partial charge in [-0.25, -0.2) is 33.7 Å². The number of rotatable bonds is 16. The number of benzene rings is 8. The van der Waals surface area contributed by atoms with E-state index < -0.39 is 40.1 Å². The van der Waals surface area contributed by atoms with Gasteiger partial charge in [0.1, 0.15) is 0 Å². The summed E-state index contributed by atoms with van der Waals surface area (Å²) in [5.41, 5.74) is 18.9. The van der Waals surface area contributed by atoms with Crippen LogP contribution in [0.3, 0.4) is 0 Å². The van der Waals surface area contributed by atoms with Crippen LogP contribution in [0.15, 0.2) is 170 Å². The van der Waals surface area contributed by atoms with Crippen molar-refractivity contribution in [3.8, 4) is 0 Å². The normalized spacial score (nSPS) is 16.4. The van der Waals surface area contributed by atoms with E-state index in [1.54, 1.807) is 97.1 Å². The second kappa shape index (κ2) is 30.6. The van der Waals surface area contributed by atoms with Gasteiger partial charge >= 0.3 is 0 Å². The molecule has 0 radical (unpaired) electrons. The smallest absolute Gasteiger partial charge is 0.251 e. The maximum Gasteiger partial charge on any atom is 0.251 e. The molecule has 0 saturated heterocycles. The van der Waals surface area contributed by atoms with Crippen molar-refractivity contribution in [1.29, 1.82) is 0 Å². The van der Waals surface area contributed by atoms with Gasteiger partial charge in [0.25, 0.3) is 23.6 Å². The topological polar surface area (TPSA) is 284 Å². The third-order valence-electron chi connectivity index (χ3n) is 17.6. The summed E-state index contributed by atoms with van der Waals surface area (Å²) >= 11 is 0. The highest BCUT2D eigenvalue weighted by atomic mass is 32.2. The largest absolute Gasteiger partial charge is 0.345 e. The summed E-state index contributed by atoms with van der Waals surface area (Å²) in [6.07, 6.45) is 12.0. The van der Waals surface area contributed by atoms with Gasteiger partial charge in [-0.05, 0) is 221 Å². The maximum atomic E-state index is 12.5. The lowest BCUT2D eigenvalue weighted by Crippen LogP contribution is -2.27. The number of carbonyl (C=O) groups is 4. The molecule has 0 aliphatic heterocycles. The fourth-order valence-electron chi connectivity index (χ4n) is 12.4. The lowest BCUT2D eigenvalue weighted by atomic mass is 10.1. The molecule has 8 aromatic rings. The highest BCUT2D eigenvalue weighted by molar-refractivity contribution is 7.92. The van der Waals surface area contributed by atoms with Crippen LogP contribution in [0.2, 0.25) is 0 Å². The lowest BCUT2D eigenvalue weighted by Gasteiger charge is -2.17. The zero-order valence-corrected chi connectivity index (χ0v) is 59.8. The first kappa shape index (κ1) is 72.9. The molecule has 8 aromatic carbocycles. The first-order valence-corrected chi connectivity index (χ1v) is 39.5. The van der Waals surface area contributed by atoms with Crippen LogP contribution in [-0.4, -0.2) is 96.4 Å². The van der Waals surface area contributed by atoms with Crippen molar-refractivity contribution in [2.75, 3.05) is 57.2 Å². The monoisotopic (exact) mass is 1400 g/mol. The Kier molecular flexibility index (Phi) is 22.8. The second-order valence-corrected chi connectivity index (χ2v) is 33.1. The molecular weight excluding hydrogens is 1320 g/mol. The molecule has 0 heterocycles. The van der Waals surface area contributed by atoms with Crippen molar-refractivity contribution in [1.82, 2.24) is 21.3 Å². The minimum absolute atomic E-state index is 0.0291. The zero-order valence-electron chi connectivity index (χ0n) is 56.6. The molecule has 6 N–H and O–H groups in total. The molecule has 0 saturated carbocycles. The van der Waals surface area contributed by atoms with E-state index in [0.717, 1.165) is 76.4 Å². The second-order valence-electron chi connectivity index (χ2n) is 25.5. The lowest BCUT2D eigenvalue weighted by molar-refractivity contribution is 0.0928. The zero-order chi connectivity index (χ0) is 71.0. The number of hydrogen-bond donors (Lipinski definition) is 6. The number of nitrogens with zero attached hydrogens (tertiary/aromatic N) is 2. The van der Waals surface area contributed by atoms with E-state index in [1.165, 1.54) is 89.5 Å². The van der Waals surface area contributed by atoms with Crippen LogP contribution in [0.25, 0.3) is 0 Å². The van der Waals surface area contributed by atoms with Crippen LogP contribution in [0.5, 0.6) is 0 Å². The van der Waals surface area contributed by atoms with Crippen LogP contribution in [0.1, 0.15) is 158 Å². The third kappa shape index (κ3) is 19.5. The molecule has 4 aliphatic rings. The van der Waals surface area contributed by atoms with E-state index in [4.69, 9.17) is 0 Å². The Morgan fingerprint density at radius 2 is 0.541 bits per heavy atom. The van der Waals surface area contributed by atoms with Crippen molar-refractivity contribution in [3.63, 3.8) is 0 Å². The number of fused-ring (bicyclic) bond motifs is 4. The number of sulfonamides is 4. The number of nitrogens with one attached hydrogen (secondary N) is 6. The molecule has 0 fully saturated rings. The average molecular weight is 1410 g/mol. The highest BCUT2D eigenvalue weighted by Gasteiger charge is 2.29. The first-order chi connectivity index (χ1) is 46.1. The predicted octanol–water partition coefficient (Wildman–Crippen LogP) is 11.2. The van der Waals surface area contributed by atoms with Crippen molar-refractivity contribution in [3.05, 3.63) is 259 Å². The Bertz CT molecular complexity index is 4460. The van der Waals surface area contributed by atoms with Gasteiger partial charge < -0.3 is 21.3 Å². The molecule has 0 unspecified atom stereocenters. The maximum absolute atomic E-state index is 12.5. The third-order valence-corrected chi connectivity index (χ3v) is 21.2.